The fourth-order valence-corrected chi connectivity index (χ4v) is 3.67. The maximum absolute atomic E-state index is 12.4. The van der Waals surface area contributed by atoms with Crippen LogP contribution >= 0.6 is 11.8 Å². The summed E-state index contributed by atoms with van der Waals surface area (Å²) in [4.78, 5) is 20.8. The summed E-state index contributed by atoms with van der Waals surface area (Å²) in [5.74, 6) is 0.882. The van der Waals surface area contributed by atoms with Gasteiger partial charge >= 0.3 is 0 Å². The number of nitrogen functional groups attached to an aromatic ring is 1. The minimum atomic E-state index is -0.206. The van der Waals surface area contributed by atoms with E-state index in [1.807, 2.05) is 37.3 Å². The summed E-state index contributed by atoms with van der Waals surface area (Å²) < 4.78 is 11.3. The standard InChI is InChI=1S/C20H18N4O3S/c1-11-7-18(21)24-20(22-11)28-10-19(25)23-14-9-16-13(8-17(14)26-2)12-5-3-4-6-15(12)27-16/h3-9H,10H2,1-2H3,(H,23,25)(H2,21,22,24). The molecule has 0 saturated carbocycles. The molecule has 142 valence electrons. The first-order valence-corrected chi connectivity index (χ1v) is 9.55. The molecule has 1 amide bonds. The number of furan rings is 1. The van der Waals surface area contributed by atoms with E-state index in [0.29, 0.717) is 28.0 Å². The number of nitrogens with two attached hydrogens (primary N) is 1. The lowest BCUT2D eigenvalue weighted by molar-refractivity contribution is -0.113. The molecule has 3 N–H and O–H groups in total. The number of thioether (sulfide) groups is 1. The second-order valence-corrected chi connectivity index (χ2v) is 7.14. The van der Waals surface area contributed by atoms with Crippen molar-refractivity contribution in [2.24, 2.45) is 0 Å². The maximum atomic E-state index is 12.4. The number of carbonyl (C=O) groups is 1. The van der Waals surface area contributed by atoms with Crippen molar-refractivity contribution in [2.75, 3.05) is 23.9 Å². The van der Waals surface area contributed by atoms with Crippen molar-refractivity contribution in [1.29, 1.82) is 0 Å². The molecule has 2 aromatic heterocycles. The molecule has 0 aliphatic carbocycles. The average molecular weight is 394 g/mol. The van der Waals surface area contributed by atoms with Gasteiger partial charge in [0.1, 0.15) is 22.7 Å². The van der Waals surface area contributed by atoms with E-state index in [1.54, 1.807) is 19.2 Å². The normalized spacial score (nSPS) is 11.1. The lowest BCUT2D eigenvalue weighted by Crippen LogP contribution is -2.15. The number of benzene rings is 2. The third-order valence-electron chi connectivity index (χ3n) is 4.16. The Morgan fingerprint density at radius 3 is 2.79 bits per heavy atom. The molecule has 2 aromatic carbocycles. The minimum Gasteiger partial charge on any atom is -0.495 e. The van der Waals surface area contributed by atoms with Gasteiger partial charge in [0.05, 0.1) is 18.6 Å². The number of aryl methyl sites for hydroxylation is 1. The van der Waals surface area contributed by atoms with Crippen molar-refractivity contribution < 1.29 is 13.9 Å². The predicted octanol–water partition coefficient (Wildman–Crippen LogP) is 4.01. The topological polar surface area (TPSA) is 103 Å². The van der Waals surface area contributed by atoms with E-state index < -0.39 is 0 Å². The van der Waals surface area contributed by atoms with Crippen LogP contribution in [-0.4, -0.2) is 28.7 Å². The fourth-order valence-electron chi connectivity index (χ4n) is 2.96. The van der Waals surface area contributed by atoms with E-state index >= 15 is 0 Å². The van der Waals surface area contributed by atoms with Crippen LogP contribution in [0.15, 0.2) is 52.0 Å². The number of para-hydroxylation sites is 1. The second-order valence-electron chi connectivity index (χ2n) is 6.20. The van der Waals surface area contributed by atoms with Gasteiger partial charge in [-0.05, 0) is 19.1 Å². The van der Waals surface area contributed by atoms with Gasteiger partial charge in [0.25, 0.3) is 0 Å². The smallest absolute Gasteiger partial charge is 0.234 e. The molecule has 28 heavy (non-hydrogen) atoms. The van der Waals surface area contributed by atoms with Gasteiger partial charge in [-0.2, -0.15) is 0 Å². The van der Waals surface area contributed by atoms with Crippen LogP contribution in [-0.2, 0) is 4.79 Å². The average Bonchev–Trinajstić information content (AvgIpc) is 3.02. The molecule has 0 spiro atoms. The maximum Gasteiger partial charge on any atom is 0.234 e. The Kier molecular flexibility index (Phi) is 4.79. The van der Waals surface area contributed by atoms with Crippen molar-refractivity contribution in [3.05, 3.63) is 48.2 Å². The van der Waals surface area contributed by atoms with E-state index in [9.17, 15) is 4.79 Å². The highest BCUT2D eigenvalue weighted by Crippen LogP contribution is 2.36. The SMILES string of the molecule is COc1cc2c(cc1NC(=O)CSc1nc(C)cc(N)n1)oc1ccccc12. The van der Waals surface area contributed by atoms with Gasteiger partial charge in [0.15, 0.2) is 5.16 Å². The Morgan fingerprint density at radius 1 is 1.18 bits per heavy atom. The van der Waals surface area contributed by atoms with Gasteiger partial charge < -0.3 is 20.2 Å². The molecule has 7 nitrogen and oxygen atoms in total. The van der Waals surface area contributed by atoms with Crippen molar-refractivity contribution in [3.63, 3.8) is 0 Å². The number of amides is 1. The van der Waals surface area contributed by atoms with Gasteiger partial charge in [-0.15, -0.1) is 0 Å². The first kappa shape index (κ1) is 18.1. The van der Waals surface area contributed by atoms with Gasteiger partial charge in [-0.25, -0.2) is 9.97 Å². The number of hydrogen-bond donors (Lipinski definition) is 2. The number of anilines is 2. The third kappa shape index (κ3) is 3.59. The minimum absolute atomic E-state index is 0.143. The van der Waals surface area contributed by atoms with Crippen LogP contribution in [0.2, 0.25) is 0 Å². The molecule has 4 aromatic rings. The number of methoxy groups -OCH3 is 1. The molecule has 0 saturated heterocycles. The Balaban J connectivity index is 1.56. The van der Waals surface area contributed by atoms with Gasteiger partial charge in [0, 0.05) is 28.6 Å². The summed E-state index contributed by atoms with van der Waals surface area (Å²) in [7, 11) is 1.57. The number of carbonyl (C=O) groups excluding carboxylic acids is 1. The summed E-state index contributed by atoms with van der Waals surface area (Å²) in [6.45, 7) is 1.83. The highest BCUT2D eigenvalue weighted by Gasteiger charge is 2.14. The number of ether oxygens (including phenoxy) is 1. The first-order valence-electron chi connectivity index (χ1n) is 8.56. The van der Waals surface area contributed by atoms with Gasteiger partial charge in [-0.3, -0.25) is 4.79 Å². The fraction of sp³-hybridized carbons (Fsp3) is 0.150. The summed E-state index contributed by atoms with van der Waals surface area (Å²) in [5, 5.41) is 5.26. The van der Waals surface area contributed by atoms with E-state index in [2.05, 4.69) is 15.3 Å². The van der Waals surface area contributed by atoms with Crippen LogP contribution in [0.5, 0.6) is 5.75 Å². The van der Waals surface area contributed by atoms with Crippen LogP contribution in [0.4, 0.5) is 11.5 Å². The zero-order valence-electron chi connectivity index (χ0n) is 15.4. The number of nitrogens with one attached hydrogen (secondary N) is 1. The zero-order valence-corrected chi connectivity index (χ0v) is 16.2. The van der Waals surface area contributed by atoms with Gasteiger partial charge in [-0.1, -0.05) is 30.0 Å². The summed E-state index contributed by atoms with van der Waals surface area (Å²) >= 11 is 1.22. The molecule has 4 rings (SSSR count). The van der Waals surface area contributed by atoms with Crippen LogP contribution in [0, 0.1) is 6.92 Å². The quantitative estimate of drug-likeness (QED) is 0.389. The molecule has 0 radical (unpaired) electrons. The number of hydrogen-bond acceptors (Lipinski definition) is 7. The number of nitrogens with zero attached hydrogens (tertiary/aromatic N) is 2. The Bertz CT molecular complexity index is 1170. The number of rotatable bonds is 5. The Hall–Kier alpha value is -3.26. The largest absolute Gasteiger partial charge is 0.495 e. The van der Waals surface area contributed by atoms with E-state index in [-0.39, 0.29) is 11.7 Å². The molecule has 0 atom stereocenters. The lowest BCUT2D eigenvalue weighted by atomic mass is 10.1. The van der Waals surface area contributed by atoms with Crippen LogP contribution in [0.3, 0.4) is 0 Å². The Labute approximate surface area is 165 Å². The summed E-state index contributed by atoms with van der Waals surface area (Å²) in [6.07, 6.45) is 0. The second kappa shape index (κ2) is 7.40. The molecular formula is C20H18N4O3S. The molecule has 0 aliphatic rings. The van der Waals surface area contributed by atoms with Gasteiger partial charge in [0.2, 0.25) is 5.91 Å². The van der Waals surface area contributed by atoms with E-state index in [0.717, 1.165) is 22.0 Å². The summed E-state index contributed by atoms with van der Waals surface area (Å²) in [6, 6.07) is 13.1. The predicted molar refractivity (Wildman–Crippen MR) is 111 cm³/mol. The van der Waals surface area contributed by atoms with Crippen LogP contribution in [0.1, 0.15) is 5.69 Å². The number of fused-ring (bicyclic) bond motifs is 3. The van der Waals surface area contributed by atoms with E-state index in [4.69, 9.17) is 14.9 Å². The monoisotopic (exact) mass is 394 g/mol. The highest BCUT2D eigenvalue weighted by molar-refractivity contribution is 7.99. The zero-order chi connectivity index (χ0) is 19.7. The van der Waals surface area contributed by atoms with Crippen LogP contribution in [0.25, 0.3) is 21.9 Å². The molecule has 0 aliphatic heterocycles. The first-order chi connectivity index (χ1) is 13.5. The summed E-state index contributed by atoms with van der Waals surface area (Å²) in [5.41, 5.74) is 8.49. The molecule has 8 heteroatoms. The molecule has 2 heterocycles. The Morgan fingerprint density at radius 2 is 2.00 bits per heavy atom. The lowest BCUT2D eigenvalue weighted by Gasteiger charge is -2.10. The van der Waals surface area contributed by atoms with Crippen molar-refractivity contribution in [2.45, 2.75) is 12.1 Å². The van der Waals surface area contributed by atoms with Crippen LogP contribution < -0.4 is 15.8 Å². The van der Waals surface area contributed by atoms with E-state index in [1.165, 1.54) is 11.8 Å². The van der Waals surface area contributed by atoms with Crippen molar-refractivity contribution in [1.82, 2.24) is 9.97 Å². The number of aromatic nitrogens is 2. The molecule has 0 unspecified atom stereocenters. The third-order valence-corrected chi connectivity index (χ3v) is 5.01. The molecule has 0 fully saturated rings. The molecule has 0 bridgehead atoms. The highest BCUT2D eigenvalue weighted by atomic mass is 32.2. The van der Waals surface area contributed by atoms with Crippen molar-refractivity contribution in [3.8, 4) is 5.75 Å². The van der Waals surface area contributed by atoms with Crippen molar-refractivity contribution >= 4 is 51.1 Å². The molecular weight excluding hydrogens is 376 g/mol.